The van der Waals surface area contributed by atoms with Gasteiger partial charge in [-0.05, 0) is 32.7 Å². The molecule has 0 bridgehead atoms. The lowest BCUT2D eigenvalue weighted by Crippen LogP contribution is -2.49. The summed E-state index contributed by atoms with van der Waals surface area (Å²) < 4.78 is 5.33. The molecule has 2 fully saturated rings. The summed E-state index contributed by atoms with van der Waals surface area (Å²) in [4.78, 5) is 14.2. The summed E-state index contributed by atoms with van der Waals surface area (Å²) >= 11 is 0. The molecule has 3 unspecified atom stereocenters. The summed E-state index contributed by atoms with van der Waals surface area (Å²) in [6.45, 7) is 4.65. The smallest absolute Gasteiger partial charge is 0.227 e. The molecule has 2 heterocycles. The number of amides is 1. The van der Waals surface area contributed by atoms with Gasteiger partial charge in [-0.2, -0.15) is 0 Å². The van der Waals surface area contributed by atoms with E-state index in [-0.39, 0.29) is 11.8 Å². The normalized spacial score (nSPS) is 35.0. The summed E-state index contributed by atoms with van der Waals surface area (Å²) in [5.41, 5.74) is 0. The number of nitrogens with zero attached hydrogens (tertiary/aromatic N) is 1. The number of piperidine rings is 1. The zero-order valence-electron chi connectivity index (χ0n) is 10.2. The largest absolute Gasteiger partial charge is 0.379 e. The lowest BCUT2D eigenvalue weighted by molar-refractivity contribution is -0.138. The molecule has 0 saturated carbocycles. The van der Waals surface area contributed by atoms with Crippen molar-refractivity contribution in [2.24, 2.45) is 5.92 Å². The van der Waals surface area contributed by atoms with Crippen LogP contribution in [0.2, 0.25) is 0 Å². The maximum atomic E-state index is 12.3. The molecule has 0 aromatic carbocycles. The fourth-order valence-corrected chi connectivity index (χ4v) is 2.65. The van der Waals surface area contributed by atoms with Crippen LogP contribution in [0.3, 0.4) is 0 Å². The number of carbonyl (C=O) groups is 1. The SMILES string of the molecule is CC1NCCCC1C(=O)N(C)C1CCOC1. The van der Waals surface area contributed by atoms with Gasteiger partial charge in [-0.25, -0.2) is 0 Å². The third-order valence-electron chi connectivity index (χ3n) is 3.88. The summed E-state index contributed by atoms with van der Waals surface area (Å²) in [5, 5.41) is 3.38. The number of likely N-dealkylation sites (N-methyl/N-ethyl adjacent to an activating group) is 1. The third kappa shape index (κ3) is 2.38. The zero-order chi connectivity index (χ0) is 11.5. The first-order valence-electron chi connectivity index (χ1n) is 6.28. The number of carbonyl (C=O) groups excluding carboxylic acids is 1. The van der Waals surface area contributed by atoms with Gasteiger partial charge in [0.15, 0.2) is 0 Å². The minimum Gasteiger partial charge on any atom is -0.379 e. The number of ether oxygens (including phenoxy) is 1. The minimum absolute atomic E-state index is 0.152. The molecule has 0 spiro atoms. The van der Waals surface area contributed by atoms with E-state index >= 15 is 0 Å². The highest BCUT2D eigenvalue weighted by Crippen LogP contribution is 2.21. The second kappa shape index (κ2) is 5.15. The molecule has 2 rings (SSSR count). The van der Waals surface area contributed by atoms with Gasteiger partial charge in [0.2, 0.25) is 5.91 Å². The van der Waals surface area contributed by atoms with Gasteiger partial charge in [0, 0.05) is 19.7 Å². The molecule has 3 atom stereocenters. The van der Waals surface area contributed by atoms with E-state index in [2.05, 4.69) is 12.2 Å². The Balaban J connectivity index is 1.94. The van der Waals surface area contributed by atoms with Crippen LogP contribution in [-0.4, -0.2) is 49.7 Å². The summed E-state index contributed by atoms with van der Waals surface area (Å²) in [5.74, 6) is 0.439. The van der Waals surface area contributed by atoms with Crippen LogP contribution in [0, 0.1) is 5.92 Å². The van der Waals surface area contributed by atoms with E-state index in [0.717, 1.165) is 32.4 Å². The standard InChI is InChI=1S/C12H22N2O2/c1-9-11(4-3-6-13-9)12(15)14(2)10-5-7-16-8-10/h9-11,13H,3-8H2,1-2H3. The number of hydrogen-bond acceptors (Lipinski definition) is 3. The topological polar surface area (TPSA) is 41.6 Å². The molecular weight excluding hydrogens is 204 g/mol. The lowest BCUT2D eigenvalue weighted by atomic mass is 9.90. The van der Waals surface area contributed by atoms with Crippen molar-refractivity contribution in [2.45, 2.75) is 38.3 Å². The van der Waals surface area contributed by atoms with Crippen LogP contribution in [0.4, 0.5) is 0 Å². The summed E-state index contributed by atoms with van der Waals surface area (Å²) in [6, 6.07) is 0.604. The van der Waals surface area contributed by atoms with Crippen LogP contribution in [-0.2, 0) is 9.53 Å². The highest BCUT2D eigenvalue weighted by molar-refractivity contribution is 5.79. The highest BCUT2D eigenvalue weighted by atomic mass is 16.5. The molecule has 0 aromatic heterocycles. The van der Waals surface area contributed by atoms with Crippen molar-refractivity contribution >= 4 is 5.91 Å². The van der Waals surface area contributed by atoms with E-state index in [4.69, 9.17) is 4.74 Å². The molecule has 0 aliphatic carbocycles. The summed E-state index contributed by atoms with van der Waals surface area (Å²) in [7, 11) is 1.92. The Hall–Kier alpha value is -0.610. The average molecular weight is 226 g/mol. The molecule has 16 heavy (non-hydrogen) atoms. The molecule has 2 aliphatic rings. The molecule has 1 N–H and O–H groups in total. The van der Waals surface area contributed by atoms with E-state index in [1.807, 2.05) is 11.9 Å². The van der Waals surface area contributed by atoms with E-state index < -0.39 is 0 Å². The van der Waals surface area contributed by atoms with Crippen molar-refractivity contribution in [3.8, 4) is 0 Å². The Labute approximate surface area is 97.3 Å². The number of rotatable bonds is 2. The van der Waals surface area contributed by atoms with Crippen LogP contribution < -0.4 is 5.32 Å². The molecule has 2 saturated heterocycles. The second-order valence-corrected chi connectivity index (χ2v) is 4.96. The van der Waals surface area contributed by atoms with Gasteiger partial charge in [-0.15, -0.1) is 0 Å². The molecule has 0 radical (unpaired) electrons. The van der Waals surface area contributed by atoms with Crippen molar-refractivity contribution in [1.82, 2.24) is 10.2 Å². The Kier molecular flexibility index (Phi) is 3.82. The van der Waals surface area contributed by atoms with Gasteiger partial charge in [-0.1, -0.05) is 0 Å². The van der Waals surface area contributed by atoms with E-state index in [1.54, 1.807) is 0 Å². The van der Waals surface area contributed by atoms with Gasteiger partial charge in [0.25, 0.3) is 0 Å². The Morgan fingerprint density at radius 1 is 1.44 bits per heavy atom. The Bertz CT molecular complexity index is 251. The molecule has 1 amide bonds. The zero-order valence-corrected chi connectivity index (χ0v) is 10.2. The second-order valence-electron chi connectivity index (χ2n) is 4.96. The first-order chi connectivity index (χ1) is 7.70. The third-order valence-corrected chi connectivity index (χ3v) is 3.88. The van der Waals surface area contributed by atoms with Crippen molar-refractivity contribution in [3.05, 3.63) is 0 Å². The minimum atomic E-state index is 0.152. The van der Waals surface area contributed by atoms with Gasteiger partial charge in [-0.3, -0.25) is 4.79 Å². The van der Waals surface area contributed by atoms with E-state index in [0.29, 0.717) is 18.7 Å². The quantitative estimate of drug-likeness (QED) is 0.750. The Morgan fingerprint density at radius 3 is 2.88 bits per heavy atom. The maximum Gasteiger partial charge on any atom is 0.227 e. The number of nitrogens with one attached hydrogen (secondary N) is 1. The fraction of sp³-hybridized carbons (Fsp3) is 0.917. The number of hydrogen-bond donors (Lipinski definition) is 1. The van der Waals surface area contributed by atoms with Gasteiger partial charge in [0.05, 0.1) is 18.6 Å². The maximum absolute atomic E-state index is 12.3. The van der Waals surface area contributed by atoms with E-state index in [1.165, 1.54) is 0 Å². The lowest BCUT2D eigenvalue weighted by Gasteiger charge is -2.34. The van der Waals surface area contributed by atoms with Crippen LogP contribution in [0.5, 0.6) is 0 Å². The van der Waals surface area contributed by atoms with Gasteiger partial charge in [0.1, 0.15) is 0 Å². The van der Waals surface area contributed by atoms with Crippen molar-refractivity contribution in [1.29, 1.82) is 0 Å². The molecule has 4 heteroatoms. The fourth-order valence-electron chi connectivity index (χ4n) is 2.65. The van der Waals surface area contributed by atoms with Crippen molar-refractivity contribution in [3.63, 3.8) is 0 Å². The van der Waals surface area contributed by atoms with Crippen molar-refractivity contribution in [2.75, 3.05) is 26.8 Å². The molecule has 4 nitrogen and oxygen atoms in total. The molecule has 0 aromatic rings. The van der Waals surface area contributed by atoms with Gasteiger partial charge >= 0.3 is 0 Å². The first-order valence-corrected chi connectivity index (χ1v) is 6.28. The van der Waals surface area contributed by atoms with Crippen LogP contribution >= 0.6 is 0 Å². The Morgan fingerprint density at radius 2 is 2.25 bits per heavy atom. The summed E-state index contributed by atoms with van der Waals surface area (Å²) in [6.07, 6.45) is 3.11. The molecule has 92 valence electrons. The molecule has 2 aliphatic heterocycles. The monoisotopic (exact) mass is 226 g/mol. The van der Waals surface area contributed by atoms with E-state index in [9.17, 15) is 4.79 Å². The molecular formula is C12H22N2O2. The highest BCUT2D eigenvalue weighted by Gasteiger charge is 2.33. The van der Waals surface area contributed by atoms with Crippen LogP contribution in [0.15, 0.2) is 0 Å². The van der Waals surface area contributed by atoms with Gasteiger partial charge < -0.3 is 15.0 Å². The average Bonchev–Trinajstić information content (AvgIpc) is 2.81. The van der Waals surface area contributed by atoms with Crippen molar-refractivity contribution < 1.29 is 9.53 Å². The first kappa shape index (κ1) is 11.9. The predicted octanol–water partition coefficient (Wildman–Crippen LogP) is 0.622. The van der Waals surface area contributed by atoms with Crippen LogP contribution in [0.25, 0.3) is 0 Å². The van der Waals surface area contributed by atoms with Crippen LogP contribution in [0.1, 0.15) is 26.2 Å². The predicted molar refractivity (Wildman–Crippen MR) is 62.2 cm³/mol.